The molecular weight excluding hydrogens is 635 g/mol. The van der Waals surface area contributed by atoms with Crippen LogP contribution in [0.3, 0.4) is 0 Å². The summed E-state index contributed by atoms with van der Waals surface area (Å²) in [5, 5.41) is 19.1. The van der Waals surface area contributed by atoms with Gasteiger partial charge < -0.3 is 24.6 Å². The summed E-state index contributed by atoms with van der Waals surface area (Å²) in [7, 11) is -4.63. The number of unbranched alkanes of at least 4 members (excludes halogenated alkanes) is 17. The van der Waals surface area contributed by atoms with Crippen molar-refractivity contribution in [2.45, 2.75) is 174 Å². The second-order valence-corrected chi connectivity index (χ2v) is 14.0. The van der Waals surface area contributed by atoms with Crippen LogP contribution in [0.25, 0.3) is 0 Å². The molecule has 0 aliphatic rings. The number of aliphatic hydroxyl groups is 2. The van der Waals surface area contributed by atoms with Gasteiger partial charge in [0.15, 0.2) is 0 Å². The minimum atomic E-state index is -4.63. The lowest BCUT2D eigenvalue weighted by molar-refractivity contribution is -0.153. The van der Waals surface area contributed by atoms with Crippen molar-refractivity contribution in [2.75, 3.05) is 26.4 Å². The first-order chi connectivity index (χ1) is 23.3. The van der Waals surface area contributed by atoms with Gasteiger partial charge in [-0.1, -0.05) is 134 Å². The van der Waals surface area contributed by atoms with Gasteiger partial charge in [-0.25, -0.2) is 4.57 Å². The summed E-state index contributed by atoms with van der Waals surface area (Å²) < 4.78 is 32.4. The number of allylic oxidation sites excluding steroid dienone is 4. The SMILES string of the molecule is CCC/C=C\C/C=C\CCCCCCCC(=O)OC(CO)COP(=O)(O)OCC(CO)OC(=O)CCCCCCCCCCCCCC. The number of hydrogen-bond donors (Lipinski definition) is 3. The van der Waals surface area contributed by atoms with E-state index < -0.39 is 58.4 Å². The highest BCUT2D eigenvalue weighted by molar-refractivity contribution is 7.47. The molecular formula is C37H69O10P. The number of rotatable bonds is 35. The maximum atomic E-state index is 12.3. The Balaban J connectivity index is 4.01. The van der Waals surface area contributed by atoms with E-state index in [9.17, 15) is 29.3 Å². The third-order valence-corrected chi connectivity index (χ3v) is 8.85. The fourth-order valence-electron chi connectivity index (χ4n) is 4.98. The van der Waals surface area contributed by atoms with E-state index in [1.807, 2.05) is 0 Å². The van der Waals surface area contributed by atoms with Crippen LogP contribution in [0.5, 0.6) is 0 Å². The Bertz CT molecular complexity index is 863. The molecule has 0 saturated heterocycles. The van der Waals surface area contributed by atoms with Crippen molar-refractivity contribution in [1.82, 2.24) is 0 Å². The van der Waals surface area contributed by atoms with Gasteiger partial charge in [-0.15, -0.1) is 0 Å². The Morgan fingerprint density at radius 1 is 0.562 bits per heavy atom. The Morgan fingerprint density at radius 3 is 1.38 bits per heavy atom. The smallest absolute Gasteiger partial charge is 0.457 e. The Hall–Kier alpha value is -1.55. The standard InChI is InChI=1S/C37H69O10P/c1-3-5-7-9-11-13-15-17-19-21-23-25-27-29-37(41)47-35(31-39)33-45-48(42,43)44-32-34(30-38)46-36(40)28-26-24-22-20-18-16-14-12-10-8-6-4-2/h7,9,13,15,34-35,38-39H,3-6,8,10-12,14,16-33H2,1-2H3,(H,42,43)/b9-7-,15-13-. The van der Waals surface area contributed by atoms with Crippen LogP contribution < -0.4 is 0 Å². The maximum absolute atomic E-state index is 12.3. The van der Waals surface area contributed by atoms with Gasteiger partial charge in [0.05, 0.1) is 26.4 Å². The van der Waals surface area contributed by atoms with Crippen LogP contribution in [0, 0.1) is 0 Å². The minimum absolute atomic E-state index is 0.177. The first kappa shape index (κ1) is 46.5. The van der Waals surface area contributed by atoms with Gasteiger partial charge in [0.25, 0.3) is 0 Å². The molecule has 11 heteroatoms. The molecule has 0 aliphatic heterocycles. The largest absolute Gasteiger partial charge is 0.472 e. The fourth-order valence-corrected chi connectivity index (χ4v) is 5.76. The minimum Gasteiger partial charge on any atom is -0.457 e. The first-order valence-corrected chi connectivity index (χ1v) is 20.3. The molecule has 0 heterocycles. The fraction of sp³-hybridized carbons (Fsp3) is 0.838. The Kier molecular flexibility index (Phi) is 32.8. The monoisotopic (exact) mass is 704 g/mol. The predicted molar refractivity (Wildman–Crippen MR) is 191 cm³/mol. The second kappa shape index (κ2) is 33.9. The number of hydrogen-bond acceptors (Lipinski definition) is 9. The van der Waals surface area contributed by atoms with E-state index in [1.54, 1.807) is 0 Å². The number of ether oxygens (including phenoxy) is 2. The van der Waals surface area contributed by atoms with Crippen molar-refractivity contribution in [1.29, 1.82) is 0 Å². The van der Waals surface area contributed by atoms with Crippen molar-refractivity contribution in [3.63, 3.8) is 0 Å². The zero-order valence-electron chi connectivity index (χ0n) is 30.2. The zero-order valence-corrected chi connectivity index (χ0v) is 31.1. The molecule has 0 amide bonds. The second-order valence-electron chi connectivity index (χ2n) is 12.6. The van der Waals surface area contributed by atoms with E-state index >= 15 is 0 Å². The normalized spacial score (nSPS) is 14.4. The molecule has 0 spiro atoms. The summed E-state index contributed by atoms with van der Waals surface area (Å²) >= 11 is 0. The van der Waals surface area contributed by atoms with Gasteiger partial charge in [-0.3, -0.25) is 18.6 Å². The number of aliphatic hydroxyl groups excluding tert-OH is 2. The van der Waals surface area contributed by atoms with Crippen LogP contribution in [0.4, 0.5) is 0 Å². The third-order valence-electron chi connectivity index (χ3n) is 7.90. The number of phosphoric acid groups is 1. The highest BCUT2D eigenvalue weighted by Crippen LogP contribution is 2.43. The lowest BCUT2D eigenvalue weighted by atomic mass is 10.0. The lowest BCUT2D eigenvalue weighted by Crippen LogP contribution is -2.28. The Labute approximate surface area is 291 Å². The first-order valence-electron chi connectivity index (χ1n) is 18.8. The molecule has 0 radical (unpaired) electrons. The molecule has 3 atom stereocenters. The van der Waals surface area contributed by atoms with Crippen LogP contribution in [-0.4, -0.2) is 65.7 Å². The van der Waals surface area contributed by atoms with Crippen LogP contribution >= 0.6 is 7.82 Å². The van der Waals surface area contributed by atoms with Crippen molar-refractivity contribution in [2.24, 2.45) is 0 Å². The number of carbonyl (C=O) groups excluding carboxylic acids is 2. The van der Waals surface area contributed by atoms with Crippen LogP contribution in [0.1, 0.15) is 162 Å². The average molecular weight is 705 g/mol. The number of carbonyl (C=O) groups is 2. The summed E-state index contributed by atoms with van der Waals surface area (Å²) in [5.74, 6) is -1.03. The topological polar surface area (TPSA) is 149 Å². The maximum Gasteiger partial charge on any atom is 0.472 e. The summed E-state index contributed by atoms with van der Waals surface area (Å²) in [6.07, 6.45) is 30.1. The highest BCUT2D eigenvalue weighted by atomic mass is 31.2. The molecule has 0 saturated carbocycles. The van der Waals surface area contributed by atoms with Gasteiger partial charge >= 0.3 is 19.8 Å². The molecule has 0 bridgehead atoms. The number of esters is 2. The molecule has 0 aromatic heterocycles. The van der Waals surface area contributed by atoms with Gasteiger partial charge in [-0.2, -0.15) is 0 Å². The van der Waals surface area contributed by atoms with Gasteiger partial charge in [-0.05, 0) is 38.5 Å². The van der Waals surface area contributed by atoms with Crippen molar-refractivity contribution in [3.05, 3.63) is 24.3 Å². The summed E-state index contributed by atoms with van der Waals surface area (Å²) in [5.41, 5.74) is 0. The molecule has 0 aromatic carbocycles. The van der Waals surface area contributed by atoms with Crippen LogP contribution in [0.15, 0.2) is 24.3 Å². The molecule has 48 heavy (non-hydrogen) atoms. The summed E-state index contributed by atoms with van der Waals surface area (Å²) in [6, 6.07) is 0. The van der Waals surface area contributed by atoms with Gasteiger partial charge in [0.1, 0.15) is 12.2 Å². The van der Waals surface area contributed by atoms with Gasteiger partial charge in [0.2, 0.25) is 0 Å². The predicted octanol–water partition coefficient (Wildman–Crippen LogP) is 9.05. The van der Waals surface area contributed by atoms with E-state index in [-0.39, 0.29) is 12.8 Å². The molecule has 0 fully saturated rings. The van der Waals surface area contributed by atoms with Crippen molar-refractivity contribution < 1.29 is 47.8 Å². The molecule has 0 aromatic rings. The molecule has 3 N–H and O–H groups in total. The summed E-state index contributed by atoms with van der Waals surface area (Å²) in [4.78, 5) is 34.3. The quantitative estimate of drug-likeness (QED) is 0.0252. The molecule has 0 rings (SSSR count). The van der Waals surface area contributed by atoms with E-state index in [0.29, 0.717) is 12.8 Å². The third kappa shape index (κ3) is 31.7. The molecule has 282 valence electrons. The number of phosphoric ester groups is 1. The van der Waals surface area contributed by atoms with Crippen LogP contribution in [0.2, 0.25) is 0 Å². The molecule has 10 nitrogen and oxygen atoms in total. The average Bonchev–Trinajstić information content (AvgIpc) is 3.07. The van der Waals surface area contributed by atoms with Gasteiger partial charge in [0, 0.05) is 12.8 Å². The van der Waals surface area contributed by atoms with E-state index in [4.69, 9.17) is 18.5 Å². The Morgan fingerprint density at radius 2 is 0.958 bits per heavy atom. The van der Waals surface area contributed by atoms with E-state index in [2.05, 4.69) is 38.2 Å². The van der Waals surface area contributed by atoms with E-state index in [1.165, 1.54) is 57.8 Å². The molecule has 3 unspecified atom stereocenters. The zero-order chi connectivity index (χ0) is 35.6. The summed E-state index contributed by atoms with van der Waals surface area (Å²) in [6.45, 7) is 2.10. The highest BCUT2D eigenvalue weighted by Gasteiger charge is 2.27. The lowest BCUT2D eigenvalue weighted by Gasteiger charge is -2.20. The van der Waals surface area contributed by atoms with Crippen molar-refractivity contribution in [3.8, 4) is 0 Å². The van der Waals surface area contributed by atoms with Crippen molar-refractivity contribution >= 4 is 19.8 Å². The van der Waals surface area contributed by atoms with E-state index in [0.717, 1.165) is 64.2 Å². The molecule has 0 aliphatic carbocycles. The van der Waals surface area contributed by atoms with Crippen LogP contribution in [-0.2, 0) is 32.7 Å².